The zero-order chi connectivity index (χ0) is 20.2. The van der Waals surface area contributed by atoms with Crippen LogP contribution in [0, 0.1) is 6.92 Å². The van der Waals surface area contributed by atoms with E-state index >= 15 is 0 Å². The topological polar surface area (TPSA) is 74.3 Å². The SMILES string of the molecule is Cc1cccc(NC(=O)Nc2nc(CC(=O)N3CCCc4ccccc43)cs2)c1. The zero-order valence-electron chi connectivity index (χ0n) is 16.1. The van der Waals surface area contributed by atoms with Crippen molar-refractivity contribution in [2.75, 3.05) is 22.1 Å². The lowest BCUT2D eigenvalue weighted by atomic mass is 10.0. The summed E-state index contributed by atoms with van der Waals surface area (Å²) in [5, 5.41) is 7.80. The van der Waals surface area contributed by atoms with Crippen LogP contribution in [0.4, 0.5) is 21.3 Å². The Kier molecular flexibility index (Phi) is 5.57. The first-order valence-corrected chi connectivity index (χ1v) is 10.4. The van der Waals surface area contributed by atoms with Crippen LogP contribution in [0.2, 0.25) is 0 Å². The Bertz CT molecular complexity index is 1050. The van der Waals surface area contributed by atoms with Crippen molar-refractivity contribution < 1.29 is 9.59 Å². The molecule has 0 saturated heterocycles. The molecule has 0 aliphatic carbocycles. The summed E-state index contributed by atoms with van der Waals surface area (Å²) in [5.41, 5.74) is 4.65. The lowest BCUT2D eigenvalue weighted by Crippen LogP contribution is -2.36. The number of carbonyl (C=O) groups is 2. The molecule has 0 atom stereocenters. The molecule has 6 nitrogen and oxygen atoms in total. The molecule has 3 aromatic rings. The van der Waals surface area contributed by atoms with Gasteiger partial charge in [-0.3, -0.25) is 10.1 Å². The molecule has 0 bridgehead atoms. The van der Waals surface area contributed by atoms with E-state index in [4.69, 9.17) is 0 Å². The Balaban J connectivity index is 1.37. The van der Waals surface area contributed by atoms with Crippen molar-refractivity contribution in [2.24, 2.45) is 0 Å². The van der Waals surface area contributed by atoms with Crippen molar-refractivity contribution in [1.29, 1.82) is 0 Å². The van der Waals surface area contributed by atoms with E-state index in [-0.39, 0.29) is 18.4 Å². The Morgan fingerprint density at radius 2 is 2.00 bits per heavy atom. The minimum Gasteiger partial charge on any atom is -0.312 e. The fourth-order valence-electron chi connectivity index (χ4n) is 3.47. The number of anilines is 3. The van der Waals surface area contributed by atoms with Crippen LogP contribution in [0.3, 0.4) is 0 Å². The highest BCUT2D eigenvalue weighted by Gasteiger charge is 2.23. The van der Waals surface area contributed by atoms with E-state index in [2.05, 4.69) is 21.7 Å². The second kappa shape index (κ2) is 8.45. The number of fused-ring (bicyclic) bond motifs is 1. The number of aryl methyl sites for hydroxylation is 2. The summed E-state index contributed by atoms with van der Waals surface area (Å²) in [6, 6.07) is 15.3. The van der Waals surface area contributed by atoms with E-state index in [1.807, 2.05) is 59.7 Å². The van der Waals surface area contributed by atoms with Crippen LogP contribution in [0.5, 0.6) is 0 Å². The summed E-state index contributed by atoms with van der Waals surface area (Å²) in [4.78, 5) is 31.2. The monoisotopic (exact) mass is 406 g/mol. The molecule has 148 valence electrons. The third kappa shape index (κ3) is 4.63. The molecule has 1 aromatic heterocycles. The molecule has 1 aliphatic heterocycles. The van der Waals surface area contributed by atoms with Gasteiger partial charge in [-0.05, 0) is 49.1 Å². The van der Waals surface area contributed by atoms with Crippen molar-refractivity contribution in [3.05, 3.63) is 70.7 Å². The highest BCUT2D eigenvalue weighted by Crippen LogP contribution is 2.27. The first-order chi connectivity index (χ1) is 14.1. The van der Waals surface area contributed by atoms with Gasteiger partial charge in [-0.1, -0.05) is 30.3 Å². The van der Waals surface area contributed by atoms with Gasteiger partial charge in [0, 0.05) is 23.3 Å². The van der Waals surface area contributed by atoms with Gasteiger partial charge in [-0.2, -0.15) is 0 Å². The highest BCUT2D eigenvalue weighted by molar-refractivity contribution is 7.14. The van der Waals surface area contributed by atoms with Gasteiger partial charge in [0.2, 0.25) is 5.91 Å². The number of hydrogen-bond acceptors (Lipinski definition) is 4. The molecular formula is C22H22N4O2S. The molecule has 1 aliphatic rings. The lowest BCUT2D eigenvalue weighted by Gasteiger charge is -2.29. The number of urea groups is 1. The van der Waals surface area contributed by atoms with Crippen molar-refractivity contribution >= 4 is 39.8 Å². The molecule has 3 amide bonds. The lowest BCUT2D eigenvalue weighted by molar-refractivity contribution is -0.118. The van der Waals surface area contributed by atoms with E-state index in [0.717, 1.165) is 36.3 Å². The van der Waals surface area contributed by atoms with Crippen LogP contribution in [0.1, 0.15) is 23.2 Å². The summed E-state index contributed by atoms with van der Waals surface area (Å²) < 4.78 is 0. The Labute approximate surface area is 173 Å². The van der Waals surface area contributed by atoms with Crippen molar-refractivity contribution in [3.63, 3.8) is 0 Å². The standard InChI is InChI=1S/C22H22N4O2S/c1-15-6-4-9-17(12-15)23-21(28)25-22-24-18(14-29-22)13-20(27)26-11-5-8-16-7-2-3-10-19(16)26/h2-4,6-7,9-10,12,14H,5,8,11,13H2,1H3,(H2,23,24,25,28). The van der Waals surface area contributed by atoms with Crippen LogP contribution in [0.25, 0.3) is 0 Å². The number of aromatic nitrogens is 1. The third-order valence-corrected chi connectivity index (χ3v) is 5.60. The first-order valence-electron chi connectivity index (χ1n) is 9.56. The maximum absolute atomic E-state index is 12.8. The van der Waals surface area contributed by atoms with Gasteiger partial charge in [-0.25, -0.2) is 9.78 Å². The molecular weight excluding hydrogens is 384 g/mol. The maximum atomic E-state index is 12.8. The first kappa shape index (κ1) is 19.1. The summed E-state index contributed by atoms with van der Waals surface area (Å²) in [5.74, 6) is 0.0261. The summed E-state index contributed by atoms with van der Waals surface area (Å²) in [7, 11) is 0. The van der Waals surface area contributed by atoms with E-state index in [1.54, 1.807) is 0 Å². The normalized spacial score (nSPS) is 12.9. The van der Waals surface area contributed by atoms with Crippen LogP contribution in [-0.4, -0.2) is 23.5 Å². The fraction of sp³-hybridized carbons (Fsp3) is 0.227. The number of hydrogen-bond donors (Lipinski definition) is 2. The van der Waals surface area contributed by atoms with Crippen molar-refractivity contribution in [3.8, 4) is 0 Å². The minimum atomic E-state index is -0.354. The molecule has 7 heteroatoms. The Morgan fingerprint density at radius 3 is 2.86 bits per heavy atom. The van der Waals surface area contributed by atoms with Crippen LogP contribution < -0.4 is 15.5 Å². The molecule has 4 rings (SSSR count). The number of carbonyl (C=O) groups excluding carboxylic acids is 2. The van der Waals surface area contributed by atoms with Gasteiger partial charge in [0.15, 0.2) is 5.13 Å². The molecule has 29 heavy (non-hydrogen) atoms. The average molecular weight is 407 g/mol. The minimum absolute atomic E-state index is 0.0261. The quantitative estimate of drug-likeness (QED) is 0.664. The number of thiazole rings is 1. The Morgan fingerprint density at radius 1 is 1.14 bits per heavy atom. The fourth-order valence-corrected chi connectivity index (χ4v) is 4.18. The van der Waals surface area contributed by atoms with Crippen molar-refractivity contribution in [2.45, 2.75) is 26.2 Å². The number of rotatable bonds is 4. The van der Waals surface area contributed by atoms with Gasteiger partial charge in [-0.15, -0.1) is 11.3 Å². The predicted octanol–water partition coefficient (Wildman–Crippen LogP) is 4.62. The van der Waals surface area contributed by atoms with E-state index in [1.165, 1.54) is 16.9 Å². The smallest absolute Gasteiger partial charge is 0.312 e. The molecule has 0 saturated carbocycles. The van der Waals surface area contributed by atoms with E-state index < -0.39 is 0 Å². The van der Waals surface area contributed by atoms with Crippen LogP contribution in [-0.2, 0) is 17.6 Å². The van der Waals surface area contributed by atoms with Gasteiger partial charge >= 0.3 is 6.03 Å². The van der Waals surface area contributed by atoms with Gasteiger partial charge < -0.3 is 10.2 Å². The number of benzene rings is 2. The summed E-state index contributed by atoms with van der Waals surface area (Å²) >= 11 is 1.31. The highest BCUT2D eigenvalue weighted by atomic mass is 32.1. The molecule has 0 radical (unpaired) electrons. The molecule has 0 fully saturated rings. The number of para-hydroxylation sites is 1. The molecule has 0 unspecified atom stereocenters. The van der Waals surface area contributed by atoms with Gasteiger partial charge in [0.25, 0.3) is 0 Å². The largest absolute Gasteiger partial charge is 0.325 e. The van der Waals surface area contributed by atoms with E-state index in [9.17, 15) is 9.59 Å². The van der Waals surface area contributed by atoms with Crippen LogP contribution >= 0.6 is 11.3 Å². The van der Waals surface area contributed by atoms with Crippen LogP contribution in [0.15, 0.2) is 53.9 Å². The zero-order valence-corrected chi connectivity index (χ0v) is 17.0. The maximum Gasteiger partial charge on any atom is 0.325 e. The molecule has 2 heterocycles. The summed E-state index contributed by atoms with van der Waals surface area (Å²) in [6.07, 6.45) is 2.18. The number of nitrogens with zero attached hydrogens (tertiary/aromatic N) is 2. The molecule has 2 aromatic carbocycles. The molecule has 0 spiro atoms. The predicted molar refractivity (Wildman–Crippen MR) is 117 cm³/mol. The van der Waals surface area contributed by atoms with E-state index in [0.29, 0.717) is 10.8 Å². The number of amides is 3. The third-order valence-electron chi connectivity index (χ3n) is 4.79. The Hall–Kier alpha value is -3.19. The number of nitrogens with one attached hydrogen (secondary N) is 2. The second-order valence-corrected chi connectivity index (χ2v) is 7.91. The van der Waals surface area contributed by atoms with Gasteiger partial charge in [0.05, 0.1) is 12.1 Å². The summed E-state index contributed by atoms with van der Waals surface area (Å²) in [6.45, 7) is 2.69. The second-order valence-electron chi connectivity index (χ2n) is 7.05. The average Bonchev–Trinajstić information content (AvgIpc) is 3.14. The molecule has 2 N–H and O–H groups in total. The van der Waals surface area contributed by atoms with Crippen molar-refractivity contribution in [1.82, 2.24) is 4.98 Å². The van der Waals surface area contributed by atoms with Gasteiger partial charge in [0.1, 0.15) is 0 Å².